The third kappa shape index (κ3) is 4.94. The highest BCUT2D eigenvalue weighted by atomic mass is 35.5. The molecular formula is C17H19ClN2O3. The number of carboxylic acids is 1. The molecule has 0 fully saturated rings. The first-order valence-electron chi connectivity index (χ1n) is 7.26. The van der Waals surface area contributed by atoms with Gasteiger partial charge >= 0.3 is 5.97 Å². The molecule has 0 saturated carbocycles. The molecule has 0 aliphatic heterocycles. The average molecular weight is 335 g/mol. The predicted octanol–water partition coefficient (Wildman–Crippen LogP) is 3.22. The largest absolute Gasteiger partial charge is 0.487 e. The van der Waals surface area contributed by atoms with E-state index in [4.69, 9.17) is 27.2 Å². The number of aliphatic carboxylic acids is 1. The molecule has 2 rings (SSSR count). The van der Waals surface area contributed by atoms with Crippen molar-refractivity contribution in [1.82, 2.24) is 4.98 Å². The Kier molecular flexibility index (Phi) is 5.96. The van der Waals surface area contributed by atoms with Crippen molar-refractivity contribution >= 4 is 17.6 Å². The zero-order chi connectivity index (χ0) is 16.8. The quantitative estimate of drug-likeness (QED) is 0.812. The van der Waals surface area contributed by atoms with E-state index in [2.05, 4.69) is 4.98 Å². The molecule has 0 aliphatic carbocycles. The van der Waals surface area contributed by atoms with Gasteiger partial charge in [-0.2, -0.15) is 0 Å². The van der Waals surface area contributed by atoms with Crippen LogP contribution in [0.25, 0.3) is 0 Å². The van der Waals surface area contributed by atoms with Crippen molar-refractivity contribution < 1.29 is 14.6 Å². The van der Waals surface area contributed by atoms with E-state index in [9.17, 15) is 4.79 Å². The summed E-state index contributed by atoms with van der Waals surface area (Å²) < 4.78 is 5.75. The van der Waals surface area contributed by atoms with Crippen LogP contribution in [0.1, 0.15) is 30.4 Å². The van der Waals surface area contributed by atoms with Gasteiger partial charge in [0, 0.05) is 24.4 Å². The van der Waals surface area contributed by atoms with Gasteiger partial charge in [0.15, 0.2) is 0 Å². The van der Waals surface area contributed by atoms with E-state index in [1.807, 2.05) is 12.1 Å². The number of pyridine rings is 1. The van der Waals surface area contributed by atoms with Crippen molar-refractivity contribution in [3.63, 3.8) is 0 Å². The van der Waals surface area contributed by atoms with Crippen molar-refractivity contribution in [2.24, 2.45) is 5.73 Å². The maximum absolute atomic E-state index is 11.0. The van der Waals surface area contributed by atoms with Crippen molar-refractivity contribution in [2.75, 3.05) is 0 Å². The number of ether oxygens (including phenoxy) is 1. The maximum atomic E-state index is 11.0. The first kappa shape index (κ1) is 17.2. The molecule has 6 heteroatoms. The Hall–Kier alpha value is -2.11. The Labute approximate surface area is 140 Å². The van der Waals surface area contributed by atoms with Crippen LogP contribution < -0.4 is 10.5 Å². The van der Waals surface area contributed by atoms with Gasteiger partial charge in [0.1, 0.15) is 12.4 Å². The fourth-order valence-electron chi connectivity index (χ4n) is 2.30. The summed E-state index contributed by atoms with van der Waals surface area (Å²) in [6.45, 7) is 2.15. The van der Waals surface area contributed by atoms with Crippen LogP contribution in [0.4, 0.5) is 0 Å². The molecule has 5 nitrogen and oxygen atoms in total. The molecule has 0 radical (unpaired) electrons. The second kappa shape index (κ2) is 7.94. The van der Waals surface area contributed by atoms with Gasteiger partial charge in [-0.05, 0) is 42.3 Å². The lowest BCUT2D eigenvalue weighted by Crippen LogP contribution is -2.26. The molecular weight excluding hydrogens is 316 g/mol. The van der Waals surface area contributed by atoms with Crippen LogP contribution in [0.2, 0.25) is 5.02 Å². The zero-order valence-corrected chi connectivity index (χ0v) is 13.5. The summed E-state index contributed by atoms with van der Waals surface area (Å²) in [5, 5.41) is 9.52. The van der Waals surface area contributed by atoms with Crippen LogP contribution in [0.3, 0.4) is 0 Å². The summed E-state index contributed by atoms with van der Waals surface area (Å²) in [5.74, 6) is -0.674. The SMILES string of the molecule is CC(N)[C@H](CC(=O)O)c1ccc(Cl)c(OCc2ccncc2)c1. The second-order valence-electron chi connectivity index (χ2n) is 5.40. The minimum Gasteiger partial charge on any atom is -0.487 e. The van der Waals surface area contributed by atoms with Crippen molar-refractivity contribution in [3.05, 3.63) is 58.9 Å². The number of carboxylic acid groups (broad SMARTS) is 1. The fourth-order valence-corrected chi connectivity index (χ4v) is 2.47. The molecule has 0 spiro atoms. The van der Waals surface area contributed by atoms with E-state index < -0.39 is 5.97 Å². The summed E-state index contributed by atoms with van der Waals surface area (Å²) in [4.78, 5) is 15.0. The van der Waals surface area contributed by atoms with E-state index in [0.717, 1.165) is 11.1 Å². The third-order valence-corrected chi connectivity index (χ3v) is 3.87. The summed E-state index contributed by atoms with van der Waals surface area (Å²) in [6, 6.07) is 8.68. The topological polar surface area (TPSA) is 85.4 Å². The number of rotatable bonds is 7. The monoisotopic (exact) mass is 334 g/mol. The molecule has 0 bridgehead atoms. The van der Waals surface area contributed by atoms with Crippen LogP contribution in [0.15, 0.2) is 42.7 Å². The molecule has 1 heterocycles. The van der Waals surface area contributed by atoms with Gasteiger partial charge in [-0.25, -0.2) is 0 Å². The summed E-state index contributed by atoms with van der Waals surface area (Å²) in [5.41, 5.74) is 7.70. The molecule has 3 N–H and O–H groups in total. The van der Waals surface area contributed by atoms with Crippen molar-refractivity contribution in [1.29, 1.82) is 0 Å². The van der Waals surface area contributed by atoms with Crippen LogP contribution in [-0.2, 0) is 11.4 Å². The molecule has 2 atom stereocenters. The molecule has 0 aliphatic rings. The van der Waals surface area contributed by atoms with Gasteiger partial charge in [0.2, 0.25) is 0 Å². The van der Waals surface area contributed by atoms with Gasteiger partial charge in [0.05, 0.1) is 11.4 Å². The number of benzene rings is 1. The average Bonchev–Trinajstić information content (AvgIpc) is 2.52. The number of halogens is 1. The Morgan fingerprint density at radius 1 is 1.35 bits per heavy atom. The second-order valence-corrected chi connectivity index (χ2v) is 5.80. The predicted molar refractivity (Wildman–Crippen MR) is 88.7 cm³/mol. The van der Waals surface area contributed by atoms with Gasteiger partial charge in [-0.1, -0.05) is 17.7 Å². The van der Waals surface area contributed by atoms with E-state index in [1.165, 1.54) is 0 Å². The standard InChI is InChI=1S/C17H19ClN2O3/c1-11(19)14(9-17(21)22)13-2-3-15(18)16(8-13)23-10-12-4-6-20-7-5-12/h2-8,11,14H,9-10,19H2,1H3,(H,21,22)/t11?,14-/m0/s1. The number of nitrogens with two attached hydrogens (primary N) is 1. The van der Waals surface area contributed by atoms with Gasteiger partial charge in [0.25, 0.3) is 0 Å². The van der Waals surface area contributed by atoms with Gasteiger partial charge in [-0.3, -0.25) is 9.78 Å². The van der Waals surface area contributed by atoms with E-state index in [-0.39, 0.29) is 18.4 Å². The summed E-state index contributed by atoms with van der Waals surface area (Å²) >= 11 is 6.17. The smallest absolute Gasteiger partial charge is 0.304 e. The van der Waals surface area contributed by atoms with Crippen LogP contribution in [0.5, 0.6) is 5.75 Å². The van der Waals surface area contributed by atoms with Crippen molar-refractivity contribution in [3.8, 4) is 5.75 Å². The minimum atomic E-state index is -0.887. The molecule has 1 aromatic carbocycles. The Morgan fingerprint density at radius 2 is 2.04 bits per heavy atom. The first-order chi connectivity index (χ1) is 11.0. The Morgan fingerprint density at radius 3 is 2.65 bits per heavy atom. The van der Waals surface area contributed by atoms with Gasteiger partial charge < -0.3 is 15.6 Å². The lowest BCUT2D eigenvalue weighted by molar-refractivity contribution is -0.137. The zero-order valence-electron chi connectivity index (χ0n) is 12.8. The summed E-state index contributed by atoms with van der Waals surface area (Å²) in [6.07, 6.45) is 3.34. The highest BCUT2D eigenvalue weighted by molar-refractivity contribution is 6.32. The number of hydrogen-bond acceptors (Lipinski definition) is 4. The molecule has 23 heavy (non-hydrogen) atoms. The first-order valence-corrected chi connectivity index (χ1v) is 7.63. The van der Waals surface area contributed by atoms with Crippen LogP contribution >= 0.6 is 11.6 Å². The Balaban J connectivity index is 2.18. The van der Waals surface area contributed by atoms with Crippen LogP contribution in [0, 0.1) is 0 Å². The lowest BCUT2D eigenvalue weighted by Gasteiger charge is -2.20. The highest BCUT2D eigenvalue weighted by Gasteiger charge is 2.21. The fraction of sp³-hybridized carbons (Fsp3) is 0.294. The number of carbonyl (C=O) groups is 1. The van der Waals surface area contributed by atoms with E-state index >= 15 is 0 Å². The summed E-state index contributed by atoms with van der Waals surface area (Å²) in [7, 11) is 0. The molecule has 0 amide bonds. The molecule has 1 aromatic heterocycles. The van der Waals surface area contributed by atoms with Gasteiger partial charge in [-0.15, -0.1) is 0 Å². The molecule has 2 aromatic rings. The highest BCUT2D eigenvalue weighted by Crippen LogP contribution is 2.32. The molecule has 0 saturated heterocycles. The van der Waals surface area contributed by atoms with Crippen molar-refractivity contribution in [2.45, 2.75) is 31.9 Å². The van der Waals surface area contributed by atoms with Crippen LogP contribution in [-0.4, -0.2) is 22.1 Å². The van der Waals surface area contributed by atoms with E-state index in [0.29, 0.717) is 17.4 Å². The molecule has 1 unspecified atom stereocenters. The third-order valence-electron chi connectivity index (χ3n) is 3.56. The lowest BCUT2D eigenvalue weighted by atomic mass is 9.90. The normalized spacial score (nSPS) is 13.3. The molecule has 122 valence electrons. The Bertz CT molecular complexity index is 662. The number of hydrogen-bond donors (Lipinski definition) is 2. The number of aromatic nitrogens is 1. The minimum absolute atomic E-state index is 0.0386. The number of nitrogens with zero attached hydrogens (tertiary/aromatic N) is 1. The maximum Gasteiger partial charge on any atom is 0.304 e. The van der Waals surface area contributed by atoms with E-state index in [1.54, 1.807) is 37.5 Å².